The maximum Gasteiger partial charge on any atom is -0.00521 e. The third-order valence-corrected chi connectivity index (χ3v) is 4.79. The average Bonchev–Trinajstić information content (AvgIpc) is 2.69. The zero-order chi connectivity index (χ0) is 12.5. The summed E-state index contributed by atoms with van der Waals surface area (Å²) in [5, 5.41) is 0. The van der Waals surface area contributed by atoms with E-state index in [2.05, 4.69) is 39.5 Å². The maximum atomic E-state index is 4.01. The maximum absolute atomic E-state index is 4.01. The second-order valence-electron chi connectivity index (χ2n) is 6.06. The molecule has 1 saturated carbocycles. The smallest absolute Gasteiger partial charge is 0.00521 e. The fourth-order valence-corrected chi connectivity index (χ4v) is 3.62. The average molecular weight is 230 g/mol. The van der Waals surface area contributed by atoms with Crippen LogP contribution >= 0.6 is 0 Å². The van der Waals surface area contributed by atoms with E-state index in [0.29, 0.717) is 5.41 Å². The molecule has 94 valence electrons. The molecule has 0 bridgehead atoms. The highest BCUT2D eigenvalue weighted by molar-refractivity contribution is 5.38. The highest BCUT2D eigenvalue weighted by atomic mass is 14.4. The first kappa shape index (κ1) is 12.7. The minimum Gasteiger partial charge on any atom is -0.100 e. The topological polar surface area (TPSA) is 0 Å². The molecule has 1 fully saturated rings. The molecule has 2 rings (SSSR count). The van der Waals surface area contributed by atoms with Crippen LogP contribution in [0.4, 0.5) is 0 Å². The predicted molar refractivity (Wildman–Crippen MR) is 76.0 cm³/mol. The van der Waals surface area contributed by atoms with E-state index in [-0.39, 0.29) is 0 Å². The van der Waals surface area contributed by atoms with Crippen LogP contribution in [0.25, 0.3) is 0 Å². The lowest BCUT2D eigenvalue weighted by molar-refractivity contribution is 0.304. The first-order valence-electron chi connectivity index (χ1n) is 7.12. The van der Waals surface area contributed by atoms with Crippen molar-refractivity contribution in [3.05, 3.63) is 35.5 Å². The molecular formula is C17H26. The van der Waals surface area contributed by atoms with Crippen molar-refractivity contribution in [2.24, 2.45) is 11.3 Å². The zero-order valence-electron chi connectivity index (χ0n) is 11.7. The minimum absolute atomic E-state index is 0.511. The molecular weight excluding hydrogens is 204 g/mol. The second kappa shape index (κ2) is 4.84. The molecule has 0 nitrogen and oxygen atoms in total. The predicted octanol–water partition coefficient (Wildman–Crippen LogP) is 5.43. The second-order valence-corrected chi connectivity index (χ2v) is 6.06. The molecule has 0 heterocycles. The van der Waals surface area contributed by atoms with Crippen molar-refractivity contribution >= 4 is 0 Å². The Bertz CT molecular complexity index is 369. The van der Waals surface area contributed by atoms with Gasteiger partial charge in [-0.1, -0.05) is 36.6 Å². The highest BCUT2D eigenvalue weighted by Gasteiger charge is 2.40. The van der Waals surface area contributed by atoms with E-state index in [9.17, 15) is 0 Å². The molecule has 0 saturated heterocycles. The molecule has 0 N–H and O–H groups in total. The molecule has 0 spiro atoms. The van der Waals surface area contributed by atoms with Crippen molar-refractivity contribution in [1.29, 1.82) is 0 Å². The third kappa shape index (κ3) is 2.41. The van der Waals surface area contributed by atoms with Gasteiger partial charge in [-0.15, -0.1) is 6.58 Å². The Hall–Kier alpha value is -0.780. The van der Waals surface area contributed by atoms with Crippen molar-refractivity contribution in [1.82, 2.24) is 0 Å². The van der Waals surface area contributed by atoms with E-state index in [4.69, 9.17) is 0 Å². The molecule has 0 aromatic carbocycles. The van der Waals surface area contributed by atoms with Gasteiger partial charge in [-0.2, -0.15) is 0 Å². The Kier molecular flexibility index (Phi) is 3.61. The summed E-state index contributed by atoms with van der Waals surface area (Å²) < 4.78 is 0. The normalized spacial score (nSPS) is 31.8. The summed E-state index contributed by atoms with van der Waals surface area (Å²) >= 11 is 0. The van der Waals surface area contributed by atoms with Gasteiger partial charge in [0.2, 0.25) is 0 Å². The van der Waals surface area contributed by atoms with Crippen LogP contribution in [0.2, 0.25) is 0 Å². The van der Waals surface area contributed by atoms with E-state index in [0.717, 1.165) is 12.3 Å². The van der Waals surface area contributed by atoms with Gasteiger partial charge in [-0.3, -0.25) is 0 Å². The molecule has 0 unspecified atom stereocenters. The van der Waals surface area contributed by atoms with Crippen LogP contribution in [-0.4, -0.2) is 0 Å². The molecule has 2 atom stereocenters. The molecule has 0 heteroatoms. The Balaban J connectivity index is 2.16. The van der Waals surface area contributed by atoms with E-state index in [1.807, 2.05) is 0 Å². The van der Waals surface area contributed by atoms with Crippen molar-refractivity contribution in [3.63, 3.8) is 0 Å². The molecule has 0 aliphatic heterocycles. The minimum atomic E-state index is 0.511. The summed E-state index contributed by atoms with van der Waals surface area (Å²) in [7, 11) is 0. The number of allylic oxidation sites excluding steroid dienone is 5. The van der Waals surface area contributed by atoms with E-state index < -0.39 is 0 Å². The molecule has 0 radical (unpaired) electrons. The van der Waals surface area contributed by atoms with Crippen molar-refractivity contribution < 1.29 is 0 Å². The van der Waals surface area contributed by atoms with Crippen molar-refractivity contribution in [2.45, 2.75) is 59.3 Å². The Morgan fingerprint density at radius 1 is 1.53 bits per heavy atom. The highest BCUT2D eigenvalue weighted by Crippen LogP contribution is 2.52. The van der Waals surface area contributed by atoms with Gasteiger partial charge < -0.3 is 0 Å². The first-order valence-corrected chi connectivity index (χ1v) is 7.12. The third-order valence-electron chi connectivity index (χ3n) is 4.79. The lowest BCUT2D eigenvalue weighted by Gasteiger charge is -2.35. The van der Waals surface area contributed by atoms with Crippen molar-refractivity contribution in [3.8, 4) is 0 Å². The fraction of sp³-hybridized carbons (Fsp3) is 0.647. The Morgan fingerprint density at radius 3 is 2.94 bits per heavy atom. The van der Waals surface area contributed by atoms with Crippen LogP contribution in [0.5, 0.6) is 0 Å². The van der Waals surface area contributed by atoms with Crippen LogP contribution in [0, 0.1) is 11.3 Å². The van der Waals surface area contributed by atoms with Gasteiger partial charge in [-0.05, 0) is 62.9 Å². The Labute approximate surface area is 106 Å². The van der Waals surface area contributed by atoms with Crippen molar-refractivity contribution in [2.75, 3.05) is 0 Å². The van der Waals surface area contributed by atoms with Gasteiger partial charge in [0.05, 0.1) is 0 Å². The number of hydrogen-bond donors (Lipinski definition) is 0. The molecule has 0 aromatic rings. The lowest BCUT2D eigenvalue weighted by Crippen LogP contribution is -2.24. The molecule has 17 heavy (non-hydrogen) atoms. The van der Waals surface area contributed by atoms with Gasteiger partial charge in [0, 0.05) is 0 Å². The standard InChI is InChI=1S/C17H26/c1-5-17-10-6-7-16(17)11-15(14(4)12-17)9-8-13(2)3/h11-12,16H,2,5-10H2,1,3-4H3/t16-,17+/m1/s1. The summed E-state index contributed by atoms with van der Waals surface area (Å²) in [4.78, 5) is 0. The molecule has 0 aromatic heterocycles. The zero-order valence-corrected chi connectivity index (χ0v) is 11.7. The van der Waals surface area contributed by atoms with E-state index in [1.165, 1.54) is 43.3 Å². The van der Waals surface area contributed by atoms with E-state index >= 15 is 0 Å². The van der Waals surface area contributed by atoms with Crippen LogP contribution in [-0.2, 0) is 0 Å². The van der Waals surface area contributed by atoms with Gasteiger partial charge in [0.25, 0.3) is 0 Å². The summed E-state index contributed by atoms with van der Waals surface area (Å²) in [6.45, 7) is 10.8. The largest absolute Gasteiger partial charge is 0.100 e. The molecule has 0 amide bonds. The monoisotopic (exact) mass is 230 g/mol. The van der Waals surface area contributed by atoms with Gasteiger partial charge in [0.1, 0.15) is 0 Å². The molecule has 2 aliphatic rings. The Morgan fingerprint density at radius 2 is 2.29 bits per heavy atom. The molecule has 2 aliphatic carbocycles. The quantitative estimate of drug-likeness (QED) is 0.565. The van der Waals surface area contributed by atoms with E-state index in [1.54, 1.807) is 5.57 Å². The number of hydrogen-bond acceptors (Lipinski definition) is 0. The van der Waals surface area contributed by atoms with Gasteiger partial charge in [0.15, 0.2) is 0 Å². The SMILES string of the molecule is C=C(C)CCC1=C[C@H]2CCC[C@@]2(CC)C=C1C. The van der Waals surface area contributed by atoms with Crippen LogP contribution in [0.15, 0.2) is 35.5 Å². The van der Waals surface area contributed by atoms with Crippen LogP contribution in [0.1, 0.15) is 59.3 Å². The number of rotatable bonds is 4. The summed E-state index contributed by atoms with van der Waals surface area (Å²) in [6, 6.07) is 0. The summed E-state index contributed by atoms with van der Waals surface area (Å²) in [5.41, 5.74) is 4.93. The van der Waals surface area contributed by atoms with Gasteiger partial charge >= 0.3 is 0 Å². The number of fused-ring (bicyclic) bond motifs is 1. The van der Waals surface area contributed by atoms with Crippen LogP contribution in [0.3, 0.4) is 0 Å². The summed E-state index contributed by atoms with van der Waals surface area (Å²) in [6.07, 6.45) is 13.0. The summed E-state index contributed by atoms with van der Waals surface area (Å²) in [5.74, 6) is 0.816. The fourth-order valence-electron chi connectivity index (χ4n) is 3.62. The van der Waals surface area contributed by atoms with Gasteiger partial charge in [-0.25, -0.2) is 0 Å². The lowest BCUT2D eigenvalue weighted by atomic mass is 9.69. The first-order chi connectivity index (χ1) is 8.07. The van der Waals surface area contributed by atoms with Crippen LogP contribution < -0.4 is 0 Å².